The fourth-order valence-electron chi connectivity index (χ4n) is 1.45. The third-order valence-corrected chi connectivity index (χ3v) is 4.21. The fourth-order valence-corrected chi connectivity index (χ4v) is 2.44. The van der Waals surface area contributed by atoms with Gasteiger partial charge in [-0.25, -0.2) is 0 Å². The zero-order valence-electron chi connectivity index (χ0n) is 12.6. The Bertz CT molecular complexity index is 703. The van der Waals surface area contributed by atoms with E-state index in [0.29, 0.717) is 0 Å². The van der Waals surface area contributed by atoms with Crippen LogP contribution in [0.5, 0.6) is 0 Å². The van der Waals surface area contributed by atoms with E-state index in [1.54, 1.807) is 12.1 Å². The van der Waals surface area contributed by atoms with E-state index in [-0.39, 0.29) is 23.6 Å². The number of nitrogens with two attached hydrogens (primary N) is 1. The molecular formula is C15H20N2O3S3. The summed E-state index contributed by atoms with van der Waals surface area (Å²) in [5.41, 5.74) is 7.34. The van der Waals surface area contributed by atoms with Gasteiger partial charge in [-0.1, -0.05) is 59.8 Å². The largest absolute Gasteiger partial charge is 0.379 e. The zero-order chi connectivity index (χ0) is 16.6. The van der Waals surface area contributed by atoms with Crippen LogP contribution in [-0.2, 0) is 15.9 Å². The van der Waals surface area contributed by atoms with E-state index in [0.717, 1.165) is 11.3 Å². The Labute approximate surface area is 148 Å². The van der Waals surface area contributed by atoms with Gasteiger partial charge >= 0.3 is 0 Å². The number of rotatable bonds is 3. The maximum Gasteiger partial charge on any atom is 0.294 e. The van der Waals surface area contributed by atoms with Crippen molar-refractivity contribution >= 4 is 40.5 Å². The Morgan fingerprint density at radius 3 is 2.09 bits per heavy atom. The molecule has 0 aliphatic heterocycles. The summed E-state index contributed by atoms with van der Waals surface area (Å²) in [5, 5.41) is 7.16. The molecular weight excluding hydrogens is 352 g/mol. The second kappa shape index (κ2) is 10.3. The minimum absolute atomic E-state index is 0. The van der Waals surface area contributed by atoms with Crippen LogP contribution in [0.25, 0.3) is 0 Å². The van der Waals surface area contributed by atoms with Crippen LogP contribution >= 0.6 is 25.3 Å². The molecule has 0 saturated heterocycles. The lowest BCUT2D eigenvalue weighted by atomic mass is 10.2. The molecule has 2 aromatic carbocycles. The Morgan fingerprint density at radius 2 is 1.65 bits per heavy atom. The monoisotopic (exact) mass is 372 g/mol. The van der Waals surface area contributed by atoms with Gasteiger partial charge in [0, 0.05) is 5.75 Å². The standard InChI is InChI=1S/C8H10N2S.C7H8O3S.H2S/c9-8(10)11-6-7-4-2-1-3-5-7;1-6-2-4-7(5-3-6)11(8,9)10;/h1-5H,6H2,(H3,9,10);2-5H,1H3,(H,8,9,10);1H2. The molecule has 0 spiro atoms. The molecule has 0 radical (unpaired) electrons. The molecule has 0 fully saturated rings. The molecule has 0 saturated carbocycles. The predicted octanol–water partition coefficient (Wildman–Crippen LogP) is 3.17. The highest BCUT2D eigenvalue weighted by Gasteiger charge is 2.06. The Morgan fingerprint density at radius 1 is 1.13 bits per heavy atom. The molecule has 0 unspecified atom stereocenters. The molecule has 0 aliphatic carbocycles. The predicted molar refractivity (Wildman–Crippen MR) is 101 cm³/mol. The maximum absolute atomic E-state index is 10.5. The molecule has 4 N–H and O–H groups in total. The van der Waals surface area contributed by atoms with Gasteiger partial charge in [0.2, 0.25) is 0 Å². The first-order chi connectivity index (χ1) is 10.3. The lowest BCUT2D eigenvalue weighted by Gasteiger charge is -1.97. The van der Waals surface area contributed by atoms with Gasteiger partial charge in [0.25, 0.3) is 10.1 Å². The number of hydrogen-bond acceptors (Lipinski definition) is 4. The topological polar surface area (TPSA) is 104 Å². The third-order valence-electron chi connectivity index (χ3n) is 2.56. The van der Waals surface area contributed by atoms with Crippen molar-refractivity contribution in [3.8, 4) is 0 Å². The highest BCUT2D eigenvalue weighted by Crippen LogP contribution is 2.10. The molecule has 0 aromatic heterocycles. The third kappa shape index (κ3) is 9.29. The second-order valence-electron chi connectivity index (χ2n) is 4.43. The summed E-state index contributed by atoms with van der Waals surface area (Å²) in [5.74, 6) is 0.788. The molecule has 126 valence electrons. The van der Waals surface area contributed by atoms with Crippen molar-refractivity contribution in [2.75, 3.05) is 0 Å². The summed E-state index contributed by atoms with van der Waals surface area (Å²) in [6, 6.07) is 16.0. The van der Waals surface area contributed by atoms with E-state index in [1.165, 1.54) is 29.5 Å². The number of hydrogen-bond donors (Lipinski definition) is 3. The van der Waals surface area contributed by atoms with Gasteiger partial charge < -0.3 is 5.73 Å². The normalized spacial score (nSPS) is 10.0. The highest BCUT2D eigenvalue weighted by atomic mass is 32.2. The first kappa shape index (κ1) is 21.5. The summed E-state index contributed by atoms with van der Waals surface area (Å²) in [6.07, 6.45) is 0. The number of nitrogens with one attached hydrogen (secondary N) is 1. The van der Waals surface area contributed by atoms with Gasteiger partial charge in [-0.2, -0.15) is 21.9 Å². The fraction of sp³-hybridized carbons (Fsp3) is 0.133. The van der Waals surface area contributed by atoms with E-state index in [2.05, 4.69) is 0 Å². The Balaban J connectivity index is 0.000000403. The van der Waals surface area contributed by atoms with Crippen molar-refractivity contribution in [3.05, 3.63) is 65.7 Å². The van der Waals surface area contributed by atoms with Crippen molar-refractivity contribution < 1.29 is 13.0 Å². The number of amidine groups is 1. The summed E-state index contributed by atoms with van der Waals surface area (Å²) >= 11 is 1.35. The van der Waals surface area contributed by atoms with Crippen LogP contribution in [-0.4, -0.2) is 18.1 Å². The van der Waals surface area contributed by atoms with E-state index in [4.69, 9.17) is 15.7 Å². The van der Waals surface area contributed by atoms with E-state index in [9.17, 15) is 8.42 Å². The molecule has 0 aliphatic rings. The van der Waals surface area contributed by atoms with Crippen LogP contribution in [0.15, 0.2) is 59.5 Å². The van der Waals surface area contributed by atoms with Gasteiger partial charge in [-0.15, -0.1) is 0 Å². The van der Waals surface area contributed by atoms with Crippen molar-refractivity contribution in [2.45, 2.75) is 17.6 Å². The van der Waals surface area contributed by atoms with Crippen LogP contribution in [0.2, 0.25) is 0 Å². The first-order valence-electron chi connectivity index (χ1n) is 6.34. The molecule has 0 atom stereocenters. The molecule has 2 aromatic rings. The molecule has 5 nitrogen and oxygen atoms in total. The Hall–Kier alpha value is -1.48. The quantitative estimate of drug-likeness (QED) is 0.436. The van der Waals surface area contributed by atoms with E-state index < -0.39 is 10.1 Å². The van der Waals surface area contributed by atoms with Crippen LogP contribution in [0.3, 0.4) is 0 Å². The highest BCUT2D eigenvalue weighted by molar-refractivity contribution is 8.13. The number of benzene rings is 2. The van der Waals surface area contributed by atoms with Crippen molar-refractivity contribution in [1.82, 2.24) is 0 Å². The van der Waals surface area contributed by atoms with Crippen LogP contribution in [0, 0.1) is 12.3 Å². The lowest BCUT2D eigenvalue weighted by molar-refractivity contribution is 0.483. The van der Waals surface area contributed by atoms with Crippen molar-refractivity contribution in [1.29, 1.82) is 5.41 Å². The molecule has 0 heterocycles. The lowest BCUT2D eigenvalue weighted by Crippen LogP contribution is -2.03. The molecule has 0 bridgehead atoms. The summed E-state index contributed by atoms with van der Waals surface area (Å²) in [4.78, 5) is -0.0666. The minimum atomic E-state index is -4.02. The number of aryl methyl sites for hydroxylation is 1. The molecule has 2 rings (SSSR count). The van der Waals surface area contributed by atoms with Crippen LogP contribution < -0.4 is 5.73 Å². The van der Waals surface area contributed by atoms with Crippen LogP contribution in [0.1, 0.15) is 11.1 Å². The summed E-state index contributed by atoms with van der Waals surface area (Å²) in [6.45, 7) is 1.84. The van der Waals surface area contributed by atoms with Crippen LogP contribution in [0.4, 0.5) is 0 Å². The maximum atomic E-state index is 10.5. The van der Waals surface area contributed by atoms with Gasteiger partial charge in [0.05, 0.1) is 4.90 Å². The molecule has 8 heteroatoms. The smallest absolute Gasteiger partial charge is 0.294 e. The number of thioether (sulfide) groups is 1. The summed E-state index contributed by atoms with van der Waals surface area (Å²) < 4.78 is 29.6. The SMILES string of the molecule is Cc1ccc(S(=O)(=O)O)cc1.N=C(N)SCc1ccccc1.S. The molecule has 0 amide bonds. The van der Waals surface area contributed by atoms with Gasteiger partial charge in [0.1, 0.15) is 0 Å². The van der Waals surface area contributed by atoms with E-state index in [1.807, 2.05) is 37.3 Å². The minimum Gasteiger partial charge on any atom is -0.379 e. The second-order valence-corrected chi connectivity index (χ2v) is 6.87. The average Bonchev–Trinajstić information content (AvgIpc) is 2.46. The van der Waals surface area contributed by atoms with E-state index >= 15 is 0 Å². The molecule has 23 heavy (non-hydrogen) atoms. The van der Waals surface area contributed by atoms with Crippen molar-refractivity contribution in [2.24, 2.45) is 5.73 Å². The van der Waals surface area contributed by atoms with Gasteiger partial charge in [-0.05, 0) is 24.6 Å². The van der Waals surface area contributed by atoms with Gasteiger partial charge in [-0.3, -0.25) is 9.96 Å². The summed E-state index contributed by atoms with van der Waals surface area (Å²) in [7, 11) is -4.02. The Kier molecular flexibility index (Phi) is 9.66. The van der Waals surface area contributed by atoms with Crippen molar-refractivity contribution in [3.63, 3.8) is 0 Å². The zero-order valence-corrected chi connectivity index (χ0v) is 15.2. The average molecular weight is 373 g/mol. The van der Waals surface area contributed by atoms with Gasteiger partial charge in [0.15, 0.2) is 5.17 Å². The first-order valence-corrected chi connectivity index (χ1v) is 8.76.